The minimum Gasteiger partial charge on any atom is -0.354 e. The highest BCUT2D eigenvalue weighted by atomic mass is 16.2. The van der Waals surface area contributed by atoms with Crippen molar-refractivity contribution in [2.24, 2.45) is 17.3 Å². The Morgan fingerprint density at radius 2 is 1.87 bits per heavy atom. The number of likely N-dealkylation sites (tertiary alicyclic amines) is 1. The number of aromatic nitrogens is 3. The van der Waals surface area contributed by atoms with Crippen LogP contribution >= 0.6 is 0 Å². The smallest absolute Gasteiger partial charge is 0.229 e. The van der Waals surface area contributed by atoms with Crippen molar-refractivity contribution in [3.63, 3.8) is 0 Å². The first-order valence-electron chi connectivity index (χ1n) is 11.5. The molecule has 3 aliphatic heterocycles. The number of nitrogens with one attached hydrogen (secondary N) is 1. The van der Waals surface area contributed by atoms with E-state index in [2.05, 4.69) is 41.0 Å². The number of hydrogen-bond acceptors (Lipinski definition) is 5. The summed E-state index contributed by atoms with van der Waals surface area (Å²) in [5.41, 5.74) is 3.73. The average Bonchev–Trinajstić information content (AvgIpc) is 3.02. The molecule has 2 fully saturated rings. The molecule has 1 amide bonds. The predicted octanol–water partition coefficient (Wildman–Crippen LogP) is 2.14. The lowest BCUT2D eigenvalue weighted by atomic mass is 9.75. The van der Waals surface area contributed by atoms with E-state index in [9.17, 15) is 4.79 Å². The van der Waals surface area contributed by atoms with Crippen LogP contribution in [-0.4, -0.2) is 64.7 Å². The van der Waals surface area contributed by atoms with Crippen LogP contribution in [0, 0.1) is 17.3 Å². The van der Waals surface area contributed by atoms with Gasteiger partial charge in [0.05, 0.1) is 17.8 Å². The molecule has 0 aromatic carbocycles. The molecule has 1 N–H and O–H groups in total. The van der Waals surface area contributed by atoms with Crippen LogP contribution in [0.5, 0.6) is 0 Å². The Labute approximate surface area is 178 Å². The lowest BCUT2D eigenvalue weighted by Crippen LogP contribution is -2.56. The SMILES string of the molecule is CC(C)(C)C1CCN(C(=O)C2CN(c3c4c(nc5ccnn35)CCNCC4)C2)CC1. The Kier molecular flexibility index (Phi) is 4.96. The number of rotatable bonds is 2. The van der Waals surface area contributed by atoms with Gasteiger partial charge in [0.25, 0.3) is 0 Å². The van der Waals surface area contributed by atoms with E-state index in [1.807, 2.05) is 16.8 Å². The molecule has 0 aliphatic carbocycles. The first-order chi connectivity index (χ1) is 14.4. The summed E-state index contributed by atoms with van der Waals surface area (Å²) >= 11 is 0. The fourth-order valence-electron chi connectivity index (χ4n) is 5.37. The van der Waals surface area contributed by atoms with Gasteiger partial charge in [0, 0.05) is 50.8 Å². The predicted molar refractivity (Wildman–Crippen MR) is 118 cm³/mol. The van der Waals surface area contributed by atoms with E-state index in [0.717, 1.165) is 76.4 Å². The van der Waals surface area contributed by atoms with Crippen molar-refractivity contribution in [2.45, 2.75) is 46.5 Å². The van der Waals surface area contributed by atoms with E-state index in [4.69, 9.17) is 4.98 Å². The standard InChI is InChI=1S/C23H34N6O/c1-23(2,3)17-7-12-27(13-8-17)22(30)16-14-28(15-16)21-18-4-9-24-10-5-19(18)26-20-6-11-25-29(20)21/h6,11,16-17,24H,4-5,7-10,12-15H2,1-3H3. The maximum Gasteiger partial charge on any atom is 0.229 e. The number of anilines is 1. The first-order valence-corrected chi connectivity index (χ1v) is 11.5. The third-order valence-corrected chi connectivity index (χ3v) is 7.34. The molecule has 162 valence electrons. The molecule has 5 heterocycles. The van der Waals surface area contributed by atoms with Crippen LogP contribution in [0.15, 0.2) is 12.3 Å². The number of carbonyl (C=O) groups excluding carboxylic acids is 1. The summed E-state index contributed by atoms with van der Waals surface area (Å²) in [4.78, 5) is 22.4. The number of hydrogen-bond donors (Lipinski definition) is 1. The largest absolute Gasteiger partial charge is 0.354 e. The van der Waals surface area contributed by atoms with Gasteiger partial charge in [-0.1, -0.05) is 20.8 Å². The van der Waals surface area contributed by atoms with Gasteiger partial charge in [-0.05, 0) is 37.1 Å². The highest BCUT2D eigenvalue weighted by Crippen LogP contribution is 2.36. The highest BCUT2D eigenvalue weighted by Gasteiger charge is 2.40. The molecular weight excluding hydrogens is 376 g/mol. The molecule has 3 aliphatic rings. The number of piperidine rings is 1. The van der Waals surface area contributed by atoms with Gasteiger partial charge in [-0.15, -0.1) is 0 Å². The Balaban J connectivity index is 1.29. The van der Waals surface area contributed by atoms with Crippen molar-refractivity contribution in [3.05, 3.63) is 23.5 Å². The molecule has 0 radical (unpaired) electrons. The van der Waals surface area contributed by atoms with Crippen LogP contribution in [-0.2, 0) is 17.6 Å². The second-order valence-corrected chi connectivity index (χ2v) is 10.3. The van der Waals surface area contributed by atoms with Crippen LogP contribution in [0.4, 0.5) is 5.82 Å². The van der Waals surface area contributed by atoms with E-state index in [1.54, 1.807) is 0 Å². The van der Waals surface area contributed by atoms with E-state index < -0.39 is 0 Å². The summed E-state index contributed by atoms with van der Waals surface area (Å²) in [5.74, 6) is 2.32. The Morgan fingerprint density at radius 1 is 1.13 bits per heavy atom. The van der Waals surface area contributed by atoms with Crippen molar-refractivity contribution in [1.29, 1.82) is 0 Å². The number of carbonyl (C=O) groups is 1. The van der Waals surface area contributed by atoms with Crippen molar-refractivity contribution < 1.29 is 4.79 Å². The molecule has 2 saturated heterocycles. The summed E-state index contributed by atoms with van der Waals surface area (Å²) < 4.78 is 1.97. The topological polar surface area (TPSA) is 65.8 Å². The first kappa shape index (κ1) is 19.8. The monoisotopic (exact) mass is 410 g/mol. The summed E-state index contributed by atoms with van der Waals surface area (Å²) in [6.45, 7) is 12.3. The Hall–Kier alpha value is -2.15. The molecule has 0 bridgehead atoms. The third-order valence-electron chi connectivity index (χ3n) is 7.34. The molecule has 2 aromatic rings. The van der Waals surface area contributed by atoms with E-state index in [-0.39, 0.29) is 5.92 Å². The Bertz CT molecular complexity index is 931. The van der Waals surface area contributed by atoms with Crippen LogP contribution in [0.2, 0.25) is 0 Å². The van der Waals surface area contributed by atoms with Gasteiger partial charge in [0.1, 0.15) is 5.82 Å². The molecule has 0 saturated carbocycles. The molecule has 30 heavy (non-hydrogen) atoms. The zero-order chi connectivity index (χ0) is 20.9. The lowest BCUT2D eigenvalue weighted by molar-refractivity contribution is -0.138. The fourth-order valence-corrected chi connectivity index (χ4v) is 5.37. The van der Waals surface area contributed by atoms with Crippen LogP contribution in [0.25, 0.3) is 5.65 Å². The van der Waals surface area contributed by atoms with E-state index in [1.165, 1.54) is 11.3 Å². The normalized spacial score (nSPS) is 21.4. The maximum atomic E-state index is 13.1. The van der Waals surface area contributed by atoms with Gasteiger partial charge in [0.15, 0.2) is 5.65 Å². The minimum absolute atomic E-state index is 0.106. The van der Waals surface area contributed by atoms with Crippen molar-refractivity contribution in [1.82, 2.24) is 24.8 Å². The molecule has 0 atom stereocenters. The van der Waals surface area contributed by atoms with E-state index >= 15 is 0 Å². The van der Waals surface area contributed by atoms with Crippen molar-refractivity contribution >= 4 is 17.4 Å². The highest BCUT2D eigenvalue weighted by molar-refractivity contribution is 5.82. The zero-order valence-electron chi connectivity index (χ0n) is 18.5. The minimum atomic E-state index is 0.106. The number of amides is 1. The number of nitrogens with zero attached hydrogens (tertiary/aromatic N) is 5. The summed E-state index contributed by atoms with van der Waals surface area (Å²) in [5, 5.41) is 8.03. The van der Waals surface area contributed by atoms with Gasteiger partial charge in [0.2, 0.25) is 5.91 Å². The molecule has 2 aromatic heterocycles. The van der Waals surface area contributed by atoms with Crippen molar-refractivity contribution in [2.75, 3.05) is 44.2 Å². The average molecular weight is 411 g/mol. The molecule has 5 rings (SSSR count). The van der Waals surface area contributed by atoms with Gasteiger partial charge in [-0.25, -0.2) is 4.98 Å². The summed E-state index contributed by atoms with van der Waals surface area (Å²) in [6, 6.07) is 1.98. The molecule has 7 heteroatoms. The van der Waals surface area contributed by atoms with Crippen LogP contribution in [0.1, 0.15) is 44.9 Å². The van der Waals surface area contributed by atoms with Crippen LogP contribution in [0.3, 0.4) is 0 Å². The second-order valence-electron chi connectivity index (χ2n) is 10.3. The molecular formula is C23H34N6O. The van der Waals surface area contributed by atoms with Crippen molar-refractivity contribution in [3.8, 4) is 0 Å². The molecule has 0 unspecified atom stereocenters. The van der Waals surface area contributed by atoms with Gasteiger partial charge in [-0.2, -0.15) is 9.61 Å². The second kappa shape index (κ2) is 7.52. The lowest BCUT2D eigenvalue weighted by Gasteiger charge is -2.45. The van der Waals surface area contributed by atoms with Gasteiger partial charge in [-0.3, -0.25) is 4.79 Å². The molecule has 0 spiro atoms. The van der Waals surface area contributed by atoms with E-state index in [0.29, 0.717) is 17.2 Å². The zero-order valence-corrected chi connectivity index (χ0v) is 18.5. The van der Waals surface area contributed by atoms with Gasteiger partial charge >= 0.3 is 0 Å². The summed E-state index contributed by atoms with van der Waals surface area (Å²) in [6.07, 6.45) is 5.99. The summed E-state index contributed by atoms with van der Waals surface area (Å²) in [7, 11) is 0. The number of fused-ring (bicyclic) bond motifs is 2. The van der Waals surface area contributed by atoms with Gasteiger partial charge < -0.3 is 15.1 Å². The third kappa shape index (κ3) is 3.47. The fraction of sp³-hybridized carbons (Fsp3) is 0.696. The molecule has 7 nitrogen and oxygen atoms in total. The van der Waals surface area contributed by atoms with Crippen LogP contribution < -0.4 is 10.2 Å². The maximum absolute atomic E-state index is 13.1. The Morgan fingerprint density at radius 3 is 2.60 bits per heavy atom. The quantitative estimate of drug-likeness (QED) is 0.822.